The van der Waals surface area contributed by atoms with Gasteiger partial charge in [-0.05, 0) is 38.1 Å². The molecule has 0 spiro atoms. The summed E-state index contributed by atoms with van der Waals surface area (Å²) in [5.41, 5.74) is 0. The van der Waals surface area contributed by atoms with Crippen LogP contribution in [0.1, 0.15) is 38.5 Å². The second kappa shape index (κ2) is 4.79. The van der Waals surface area contributed by atoms with E-state index >= 15 is 0 Å². The maximum atomic E-state index is 3.55. The molecular weight excluding hydrogens is 226 g/mol. The third kappa shape index (κ3) is 2.27. The number of halogens is 1. The van der Waals surface area contributed by atoms with Crippen LogP contribution in [0.2, 0.25) is 0 Å². The molecular formula is C11H20BrN. The molecule has 76 valence electrons. The standard InChI is InChI=1S/C11H20BrN/c12-7-9-13-8-3-6-11(13)10-4-1-2-5-10/h10-11H,1-9H2. The van der Waals surface area contributed by atoms with Gasteiger partial charge in [0.05, 0.1) is 0 Å². The summed E-state index contributed by atoms with van der Waals surface area (Å²) in [6.45, 7) is 2.62. The minimum Gasteiger partial charge on any atom is -0.299 e. The van der Waals surface area contributed by atoms with Gasteiger partial charge in [-0.15, -0.1) is 0 Å². The average molecular weight is 246 g/mol. The number of hydrogen-bond donors (Lipinski definition) is 0. The van der Waals surface area contributed by atoms with Crippen LogP contribution in [0.3, 0.4) is 0 Å². The first-order valence-corrected chi connectivity index (χ1v) is 6.84. The quantitative estimate of drug-likeness (QED) is 0.692. The molecule has 2 rings (SSSR count). The van der Waals surface area contributed by atoms with E-state index in [1.807, 2.05) is 0 Å². The highest BCUT2D eigenvalue weighted by Gasteiger charge is 2.32. The van der Waals surface area contributed by atoms with E-state index in [2.05, 4.69) is 20.8 Å². The summed E-state index contributed by atoms with van der Waals surface area (Å²) in [7, 11) is 0. The maximum Gasteiger partial charge on any atom is 0.0159 e. The Labute approximate surface area is 90.0 Å². The van der Waals surface area contributed by atoms with Gasteiger partial charge in [-0.3, -0.25) is 4.90 Å². The van der Waals surface area contributed by atoms with Crippen LogP contribution in [0.4, 0.5) is 0 Å². The molecule has 0 amide bonds. The predicted molar refractivity (Wildman–Crippen MR) is 60.3 cm³/mol. The molecule has 2 aliphatic rings. The average Bonchev–Trinajstić information content (AvgIpc) is 2.71. The van der Waals surface area contributed by atoms with Crippen LogP contribution in [0, 0.1) is 5.92 Å². The van der Waals surface area contributed by atoms with Crippen LogP contribution in [-0.2, 0) is 0 Å². The zero-order chi connectivity index (χ0) is 9.10. The first-order chi connectivity index (χ1) is 6.42. The number of hydrogen-bond acceptors (Lipinski definition) is 1. The molecule has 0 aromatic rings. The fraction of sp³-hybridized carbons (Fsp3) is 1.00. The van der Waals surface area contributed by atoms with Crippen molar-refractivity contribution in [1.82, 2.24) is 4.90 Å². The Bertz CT molecular complexity index is 154. The predicted octanol–water partition coefficient (Wildman–Crippen LogP) is 3.04. The molecule has 1 saturated carbocycles. The highest BCUT2D eigenvalue weighted by molar-refractivity contribution is 9.09. The van der Waals surface area contributed by atoms with Crippen LogP contribution < -0.4 is 0 Å². The van der Waals surface area contributed by atoms with Gasteiger partial charge in [-0.25, -0.2) is 0 Å². The summed E-state index contributed by atoms with van der Waals surface area (Å²) in [6.07, 6.45) is 8.89. The maximum absolute atomic E-state index is 3.55. The molecule has 13 heavy (non-hydrogen) atoms. The summed E-state index contributed by atoms with van der Waals surface area (Å²) in [4.78, 5) is 2.71. The van der Waals surface area contributed by atoms with Crippen molar-refractivity contribution < 1.29 is 0 Å². The first kappa shape index (κ1) is 9.97. The third-order valence-electron chi connectivity index (χ3n) is 3.73. The SMILES string of the molecule is BrCCN1CCCC1C1CCCC1. The van der Waals surface area contributed by atoms with Crippen molar-refractivity contribution in [2.45, 2.75) is 44.6 Å². The smallest absolute Gasteiger partial charge is 0.0159 e. The first-order valence-electron chi connectivity index (χ1n) is 5.72. The molecule has 0 radical (unpaired) electrons. The monoisotopic (exact) mass is 245 g/mol. The largest absolute Gasteiger partial charge is 0.299 e. The van der Waals surface area contributed by atoms with Crippen molar-refractivity contribution in [2.75, 3.05) is 18.4 Å². The van der Waals surface area contributed by atoms with Gasteiger partial charge in [0.15, 0.2) is 0 Å². The lowest BCUT2D eigenvalue weighted by atomic mass is 9.96. The lowest BCUT2D eigenvalue weighted by Gasteiger charge is -2.28. The van der Waals surface area contributed by atoms with Gasteiger partial charge in [0.25, 0.3) is 0 Å². The van der Waals surface area contributed by atoms with Gasteiger partial charge in [0.2, 0.25) is 0 Å². The van der Waals surface area contributed by atoms with Crippen molar-refractivity contribution in [3.05, 3.63) is 0 Å². The Morgan fingerprint density at radius 2 is 1.85 bits per heavy atom. The van der Waals surface area contributed by atoms with Crippen molar-refractivity contribution in [3.63, 3.8) is 0 Å². The third-order valence-corrected chi connectivity index (χ3v) is 4.08. The summed E-state index contributed by atoms with van der Waals surface area (Å²) in [5.74, 6) is 1.04. The van der Waals surface area contributed by atoms with Crippen LogP contribution in [0.5, 0.6) is 0 Å². The molecule has 1 unspecified atom stereocenters. The molecule has 1 aliphatic carbocycles. The highest BCUT2D eigenvalue weighted by Crippen LogP contribution is 2.35. The topological polar surface area (TPSA) is 3.24 Å². The normalized spacial score (nSPS) is 31.6. The Morgan fingerprint density at radius 1 is 1.08 bits per heavy atom. The molecule has 2 heteroatoms. The van der Waals surface area contributed by atoms with Crippen LogP contribution >= 0.6 is 15.9 Å². The number of rotatable bonds is 3. The van der Waals surface area contributed by atoms with E-state index in [4.69, 9.17) is 0 Å². The van der Waals surface area contributed by atoms with Gasteiger partial charge in [-0.1, -0.05) is 28.8 Å². The van der Waals surface area contributed by atoms with Gasteiger partial charge in [0.1, 0.15) is 0 Å². The van der Waals surface area contributed by atoms with Crippen LogP contribution in [0.25, 0.3) is 0 Å². The van der Waals surface area contributed by atoms with E-state index in [9.17, 15) is 0 Å². The molecule has 1 aliphatic heterocycles. The van der Waals surface area contributed by atoms with Crippen LogP contribution in [0.15, 0.2) is 0 Å². The zero-order valence-corrected chi connectivity index (χ0v) is 9.93. The lowest BCUT2D eigenvalue weighted by Crippen LogP contribution is -2.35. The molecule has 0 bridgehead atoms. The summed E-state index contributed by atoms with van der Waals surface area (Å²) < 4.78 is 0. The molecule has 1 saturated heterocycles. The summed E-state index contributed by atoms with van der Waals surface area (Å²) >= 11 is 3.55. The van der Waals surface area contributed by atoms with Crippen LogP contribution in [-0.4, -0.2) is 29.4 Å². The molecule has 1 nitrogen and oxygen atoms in total. The minimum atomic E-state index is 0.944. The highest BCUT2D eigenvalue weighted by atomic mass is 79.9. The van der Waals surface area contributed by atoms with E-state index in [0.717, 1.165) is 17.3 Å². The van der Waals surface area contributed by atoms with Gasteiger partial charge < -0.3 is 0 Å². The molecule has 1 atom stereocenters. The van der Waals surface area contributed by atoms with Gasteiger partial charge in [-0.2, -0.15) is 0 Å². The van der Waals surface area contributed by atoms with E-state index in [-0.39, 0.29) is 0 Å². The Hall–Kier alpha value is 0.440. The summed E-state index contributed by atoms with van der Waals surface area (Å²) in [5, 5.41) is 1.15. The van der Waals surface area contributed by atoms with Crippen molar-refractivity contribution in [2.24, 2.45) is 5.92 Å². The Morgan fingerprint density at radius 3 is 2.54 bits per heavy atom. The number of likely N-dealkylation sites (tertiary alicyclic amines) is 1. The summed E-state index contributed by atoms with van der Waals surface area (Å²) in [6, 6.07) is 0.944. The molecule has 0 N–H and O–H groups in total. The van der Waals surface area contributed by atoms with Gasteiger partial charge >= 0.3 is 0 Å². The number of alkyl halides is 1. The van der Waals surface area contributed by atoms with Gasteiger partial charge in [0, 0.05) is 17.9 Å². The van der Waals surface area contributed by atoms with E-state index in [1.54, 1.807) is 0 Å². The van der Waals surface area contributed by atoms with Crippen molar-refractivity contribution in [1.29, 1.82) is 0 Å². The van der Waals surface area contributed by atoms with E-state index in [1.165, 1.54) is 51.6 Å². The second-order valence-corrected chi connectivity index (χ2v) is 5.27. The molecule has 0 aromatic carbocycles. The number of nitrogens with zero attached hydrogens (tertiary/aromatic N) is 1. The fourth-order valence-electron chi connectivity index (χ4n) is 3.11. The van der Waals surface area contributed by atoms with E-state index in [0.29, 0.717) is 0 Å². The Kier molecular flexibility index (Phi) is 3.67. The zero-order valence-electron chi connectivity index (χ0n) is 8.34. The Balaban J connectivity index is 1.88. The van der Waals surface area contributed by atoms with Crippen molar-refractivity contribution >= 4 is 15.9 Å². The molecule has 0 aromatic heterocycles. The van der Waals surface area contributed by atoms with E-state index < -0.39 is 0 Å². The minimum absolute atomic E-state index is 0.944. The fourth-order valence-corrected chi connectivity index (χ4v) is 3.57. The van der Waals surface area contributed by atoms with Crippen molar-refractivity contribution in [3.8, 4) is 0 Å². The lowest BCUT2D eigenvalue weighted by molar-refractivity contribution is 0.201. The molecule has 1 heterocycles. The molecule has 2 fully saturated rings. The second-order valence-electron chi connectivity index (χ2n) is 4.48.